The first-order valence-electron chi connectivity index (χ1n) is 10.8. The normalized spacial score (nSPS) is 14.2. The highest BCUT2D eigenvalue weighted by Crippen LogP contribution is 2.25. The Morgan fingerprint density at radius 2 is 1.75 bits per heavy atom. The van der Waals surface area contributed by atoms with Crippen molar-refractivity contribution in [3.63, 3.8) is 0 Å². The molecule has 1 saturated heterocycles. The predicted molar refractivity (Wildman–Crippen MR) is 128 cm³/mol. The molecule has 32 heavy (non-hydrogen) atoms. The van der Waals surface area contributed by atoms with Crippen molar-refractivity contribution in [2.24, 2.45) is 4.99 Å². The summed E-state index contributed by atoms with van der Waals surface area (Å²) < 4.78 is 12.5. The number of aryl methyl sites for hydroxylation is 2. The van der Waals surface area contributed by atoms with Crippen molar-refractivity contribution in [2.45, 2.75) is 20.8 Å². The van der Waals surface area contributed by atoms with Crippen molar-refractivity contribution in [1.82, 2.24) is 4.57 Å². The third kappa shape index (κ3) is 4.46. The van der Waals surface area contributed by atoms with Crippen LogP contribution in [0.25, 0.3) is 5.69 Å². The molecule has 0 bridgehead atoms. The van der Waals surface area contributed by atoms with Crippen LogP contribution in [0.15, 0.2) is 53.5 Å². The molecule has 0 saturated carbocycles. The van der Waals surface area contributed by atoms with Gasteiger partial charge in [0, 0.05) is 47.6 Å². The smallest absolute Gasteiger partial charge is 0.337 e. The van der Waals surface area contributed by atoms with Crippen molar-refractivity contribution in [2.75, 3.05) is 38.3 Å². The van der Waals surface area contributed by atoms with Gasteiger partial charge in [-0.15, -0.1) is 0 Å². The van der Waals surface area contributed by atoms with Crippen LogP contribution in [-0.2, 0) is 9.47 Å². The molecule has 1 aliphatic rings. The molecule has 0 atom stereocenters. The Morgan fingerprint density at radius 3 is 2.44 bits per heavy atom. The standard InChI is InChI=1S/C26H29N3O3/c1-18-5-6-21(26(30)31-4)16-25(18)29-19(2)15-22(20(29)3)17-27-23-7-9-24(10-8-23)28-11-13-32-14-12-28/h5-10,15-17H,11-14H2,1-4H3. The van der Waals surface area contributed by atoms with E-state index in [4.69, 9.17) is 14.5 Å². The summed E-state index contributed by atoms with van der Waals surface area (Å²) in [4.78, 5) is 19.0. The number of benzene rings is 2. The van der Waals surface area contributed by atoms with Crippen LogP contribution < -0.4 is 4.90 Å². The molecule has 166 valence electrons. The molecule has 2 aromatic carbocycles. The first-order chi connectivity index (χ1) is 15.5. The lowest BCUT2D eigenvalue weighted by atomic mass is 10.1. The maximum absolute atomic E-state index is 12.0. The van der Waals surface area contributed by atoms with Gasteiger partial charge in [-0.25, -0.2) is 4.79 Å². The minimum absolute atomic E-state index is 0.337. The maximum atomic E-state index is 12.0. The topological polar surface area (TPSA) is 56.1 Å². The lowest BCUT2D eigenvalue weighted by molar-refractivity contribution is 0.0600. The van der Waals surface area contributed by atoms with Crippen LogP contribution in [0, 0.1) is 20.8 Å². The van der Waals surface area contributed by atoms with Gasteiger partial charge in [0.05, 0.1) is 31.6 Å². The Balaban J connectivity index is 1.58. The first-order valence-corrected chi connectivity index (χ1v) is 10.8. The molecule has 0 spiro atoms. The minimum atomic E-state index is -0.337. The first kappa shape index (κ1) is 21.8. The minimum Gasteiger partial charge on any atom is -0.465 e. The number of esters is 1. The van der Waals surface area contributed by atoms with Gasteiger partial charge in [-0.05, 0) is 68.8 Å². The van der Waals surface area contributed by atoms with Gasteiger partial charge in [-0.1, -0.05) is 6.07 Å². The molecule has 0 amide bonds. The Labute approximate surface area is 189 Å². The van der Waals surface area contributed by atoms with Gasteiger partial charge in [-0.2, -0.15) is 0 Å². The van der Waals surface area contributed by atoms with E-state index in [1.54, 1.807) is 6.07 Å². The molecule has 0 N–H and O–H groups in total. The summed E-state index contributed by atoms with van der Waals surface area (Å²) in [5, 5.41) is 0. The molecule has 3 aromatic rings. The lowest BCUT2D eigenvalue weighted by Crippen LogP contribution is -2.36. The number of anilines is 1. The molecule has 4 rings (SSSR count). The number of carbonyl (C=O) groups is 1. The Bertz CT molecular complexity index is 1140. The van der Waals surface area contributed by atoms with Crippen molar-refractivity contribution < 1.29 is 14.3 Å². The zero-order valence-electron chi connectivity index (χ0n) is 19.1. The summed E-state index contributed by atoms with van der Waals surface area (Å²) in [6.45, 7) is 9.57. The summed E-state index contributed by atoms with van der Waals surface area (Å²) in [6.07, 6.45) is 1.90. The third-order valence-corrected chi connectivity index (χ3v) is 5.92. The number of aliphatic imine (C=N–C) groups is 1. The maximum Gasteiger partial charge on any atom is 0.337 e. The number of carbonyl (C=O) groups excluding carboxylic acids is 1. The van der Waals surface area contributed by atoms with Crippen LogP contribution in [0.2, 0.25) is 0 Å². The highest BCUT2D eigenvalue weighted by Gasteiger charge is 2.15. The fourth-order valence-electron chi connectivity index (χ4n) is 4.10. The molecule has 0 unspecified atom stereocenters. The number of morpholine rings is 1. The number of methoxy groups -OCH3 is 1. The van der Waals surface area contributed by atoms with Gasteiger partial charge in [0.1, 0.15) is 0 Å². The van der Waals surface area contributed by atoms with E-state index in [0.29, 0.717) is 5.56 Å². The van der Waals surface area contributed by atoms with Crippen molar-refractivity contribution in [3.05, 3.63) is 76.6 Å². The van der Waals surface area contributed by atoms with Gasteiger partial charge >= 0.3 is 5.97 Å². The zero-order chi connectivity index (χ0) is 22.7. The average molecular weight is 432 g/mol. The van der Waals surface area contributed by atoms with Crippen LogP contribution in [-0.4, -0.2) is 50.2 Å². The predicted octanol–water partition coefficient (Wildman–Crippen LogP) is 4.78. The molecule has 1 aromatic heterocycles. The number of hydrogen-bond donors (Lipinski definition) is 0. The number of nitrogens with zero attached hydrogens (tertiary/aromatic N) is 3. The molecule has 0 radical (unpaired) electrons. The van der Waals surface area contributed by atoms with Gasteiger partial charge < -0.3 is 18.9 Å². The fraction of sp³-hybridized carbons (Fsp3) is 0.308. The second-order valence-corrected chi connectivity index (χ2v) is 8.03. The van der Waals surface area contributed by atoms with E-state index in [2.05, 4.69) is 41.5 Å². The van der Waals surface area contributed by atoms with Crippen LogP contribution in [0.1, 0.15) is 32.9 Å². The van der Waals surface area contributed by atoms with E-state index in [1.165, 1.54) is 12.8 Å². The van der Waals surface area contributed by atoms with Gasteiger partial charge in [0.15, 0.2) is 0 Å². The van der Waals surface area contributed by atoms with Gasteiger partial charge in [0.25, 0.3) is 0 Å². The molecule has 6 heteroatoms. The van der Waals surface area contributed by atoms with Crippen LogP contribution in [0.4, 0.5) is 11.4 Å². The Morgan fingerprint density at radius 1 is 1.03 bits per heavy atom. The molecule has 1 fully saturated rings. The van der Waals surface area contributed by atoms with E-state index >= 15 is 0 Å². The van der Waals surface area contributed by atoms with Crippen molar-refractivity contribution in [3.8, 4) is 5.69 Å². The number of ether oxygens (including phenoxy) is 2. The van der Waals surface area contributed by atoms with Crippen molar-refractivity contribution >= 4 is 23.6 Å². The molecular weight excluding hydrogens is 402 g/mol. The summed E-state index contributed by atoms with van der Waals surface area (Å²) in [5.41, 5.74) is 7.90. The summed E-state index contributed by atoms with van der Waals surface area (Å²) in [6, 6.07) is 16.1. The average Bonchev–Trinajstić information content (AvgIpc) is 3.11. The SMILES string of the molecule is COC(=O)c1ccc(C)c(-n2c(C)cc(C=Nc3ccc(N4CCOCC4)cc3)c2C)c1. The lowest BCUT2D eigenvalue weighted by Gasteiger charge is -2.28. The van der Waals surface area contributed by atoms with E-state index < -0.39 is 0 Å². The fourth-order valence-corrected chi connectivity index (χ4v) is 4.10. The molecule has 1 aliphatic heterocycles. The summed E-state index contributed by atoms with van der Waals surface area (Å²) in [7, 11) is 1.40. The molecular formula is C26H29N3O3. The number of aromatic nitrogens is 1. The van der Waals surface area contributed by atoms with Crippen LogP contribution in [0.3, 0.4) is 0 Å². The summed E-state index contributed by atoms with van der Waals surface area (Å²) >= 11 is 0. The van der Waals surface area contributed by atoms with Gasteiger partial charge in [-0.3, -0.25) is 4.99 Å². The molecule has 6 nitrogen and oxygen atoms in total. The Kier molecular flexibility index (Phi) is 6.42. The van der Waals surface area contributed by atoms with E-state index in [0.717, 1.165) is 60.2 Å². The highest BCUT2D eigenvalue weighted by atomic mass is 16.5. The Hall–Kier alpha value is -3.38. The largest absolute Gasteiger partial charge is 0.465 e. The number of rotatable bonds is 5. The molecule has 0 aliphatic carbocycles. The third-order valence-electron chi connectivity index (χ3n) is 5.92. The molecule has 2 heterocycles. The second kappa shape index (κ2) is 9.40. The summed E-state index contributed by atoms with van der Waals surface area (Å²) in [5.74, 6) is -0.337. The van der Waals surface area contributed by atoms with Crippen molar-refractivity contribution in [1.29, 1.82) is 0 Å². The monoisotopic (exact) mass is 431 g/mol. The second-order valence-electron chi connectivity index (χ2n) is 8.03. The quantitative estimate of drug-likeness (QED) is 0.431. The van der Waals surface area contributed by atoms with Crippen LogP contribution in [0.5, 0.6) is 0 Å². The van der Waals surface area contributed by atoms with E-state index in [9.17, 15) is 4.79 Å². The zero-order valence-corrected chi connectivity index (χ0v) is 19.1. The number of hydrogen-bond acceptors (Lipinski definition) is 5. The van der Waals surface area contributed by atoms with E-state index in [1.807, 2.05) is 37.4 Å². The highest BCUT2D eigenvalue weighted by molar-refractivity contribution is 5.90. The van der Waals surface area contributed by atoms with E-state index in [-0.39, 0.29) is 5.97 Å². The van der Waals surface area contributed by atoms with Gasteiger partial charge in [0.2, 0.25) is 0 Å². The van der Waals surface area contributed by atoms with Crippen LogP contribution >= 0.6 is 0 Å².